The summed E-state index contributed by atoms with van der Waals surface area (Å²) in [7, 11) is 0. The molecule has 2 aromatic rings. The third-order valence-electron chi connectivity index (χ3n) is 7.62. The second-order valence-electron chi connectivity index (χ2n) is 8.29. The van der Waals surface area contributed by atoms with Crippen LogP contribution in [0.4, 0.5) is 0 Å². The van der Waals surface area contributed by atoms with E-state index >= 15 is 0 Å². The van der Waals surface area contributed by atoms with E-state index in [-0.39, 0.29) is 34.3 Å². The van der Waals surface area contributed by atoms with Gasteiger partial charge in [-0.2, -0.15) is 0 Å². The van der Waals surface area contributed by atoms with Crippen LogP contribution in [0.3, 0.4) is 0 Å². The van der Waals surface area contributed by atoms with Gasteiger partial charge in [-0.1, -0.05) is 75.1 Å². The zero-order valence-corrected chi connectivity index (χ0v) is 17.8. The number of para-hydroxylation sites is 1. The first kappa shape index (κ1) is 16.6. The lowest BCUT2D eigenvalue weighted by Gasteiger charge is -2.76. The Kier molecular flexibility index (Phi) is 3.18. The van der Waals surface area contributed by atoms with Gasteiger partial charge in [0.25, 0.3) is 0 Å². The first-order valence-electron chi connectivity index (χ1n) is 9.53. The highest BCUT2D eigenvalue weighted by Crippen LogP contribution is 2.79. The summed E-state index contributed by atoms with van der Waals surface area (Å²) >= 11 is 7.91. The van der Waals surface area contributed by atoms with E-state index < -0.39 is 0 Å². The van der Waals surface area contributed by atoms with Crippen LogP contribution in [-0.4, -0.2) is 23.6 Å². The largest absolute Gasteiger partial charge is 0.352 e. The normalized spacial score (nSPS) is 40.8. The molecule has 5 nitrogen and oxygen atoms in total. The van der Waals surface area contributed by atoms with Crippen LogP contribution < -0.4 is 11.4 Å². The molecule has 2 saturated carbocycles. The van der Waals surface area contributed by atoms with Gasteiger partial charge in [-0.05, 0) is 25.0 Å². The lowest BCUT2D eigenvalue weighted by Crippen LogP contribution is -2.78. The summed E-state index contributed by atoms with van der Waals surface area (Å²) in [6.45, 7) is 0. The molecule has 2 fully saturated rings. The number of hydrogen-bond donors (Lipinski definition) is 0. The molecule has 1 aromatic heterocycles. The second kappa shape index (κ2) is 5.17. The highest BCUT2D eigenvalue weighted by Gasteiger charge is 2.79. The van der Waals surface area contributed by atoms with E-state index in [1.54, 1.807) is 9.36 Å². The molecule has 7 rings (SSSR count). The molecule has 0 unspecified atom stereocenters. The van der Waals surface area contributed by atoms with Crippen molar-refractivity contribution in [2.75, 3.05) is 0 Å². The summed E-state index contributed by atoms with van der Waals surface area (Å²) in [5.41, 5.74) is 0.182. The monoisotopic (exact) mass is 491 g/mol. The second-order valence-corrected chi connectivity index (χ2v) is 10.3. The third kappa shape index (κ3) is 1.58. The fourth-order valence-corrected chi connectivity index (χ4v) is 9.41. The Labute approximate surface area is 172 Å². The average molecular weight is 493 g/mol. The van der Waals surface area contributed by atoms with Gasteiger partial charge in [0, 0.05) is 20.5 Å². The number of hydrogen-bond acceptors (Lipinski definition) is 2. The minimum atomic E-state index is -0.225. The van der Waals surface area contributed by atoms with E-state index in [2.05, 4.69) is 44.0 Å². The molecule has 3 aliphatic carbocycles. The average Bonchev–Trinajstić information content (AvgIpc) is 2.99. The van der Waals surface area contributed by atoms with Crippen LogP contribution in [0.25, 0.3) is 5.69 Å². The van der Waals surface area contributed by atoms with E-state index in [4.69, 9.17) is 0 Å². The van der Waals surface area contributed by atoms with Crippen LogP contribution in [0.2, 0.25) is 0 Å². The molecule has 2 bridgehead atoms. The van der Waals surface area contributed by atoms with Crippen LogP contribution >= 0.6 is 31.9 Å². The van der Waals surface area contributed by atoms with Gasteiger partial charge in [0.1, 0.15) is 0 Å². The summed E-state index contributed by atoms with van der Waals surface area (Å²) < 4.78 is 4.83. The van der Waals surface area contributed by atoms with Gasteiger partial charge in [0.05, 0.1) is 17.8 Å². The van der Waals surface area contributed by atoms with Gasteiger partial charge in [-0.15, -0.1) is 0 Å². The zero-order chi connectivity index (χ0) is 18.6. The molecule has 3 heterocycles. The van der Waals surface area contributed by atoms with E-state index in [1.165, 1.54) is 17.4 Å². The van der Waals surface area contributed by atoms with Crippen molar-refractivity contribution in [3.63, 3.8) is 0 Å². The summed E-state index contributed by atoms with van der Waals surface area (Å²) in [5.74, 6) is 0. The van der Waals surface area contributed by atoms with Gasteiger partial charge < -0.3 is 0 Å². The highest BCUT2D eigenvalue weighted by atomic mass is 79.9. The Morgan fingerprint density at radius 2 is 1.30 bits per heavy atom. The van der Waals surface area contributed by atoms with Crippen LogP contribution in [0.15, 0.2) is 52.1 Å². The summed E-state index contributed by atoms with van der Waals surface area (Å²) in [6.07, 6.45) is 8.90. The van der Waals surface area contributed by atoms with Crippen molar-refractivity contribution in [3.05, 3.63) is 63.5 Å². The number of nitrogens with zero attached hydrogens (tertiary/aromatic N) is 3. The maximum Gasteiger partial charge on any atom is 0.352 e. The molecule has 0 spiro atoms. The van der Waals surface area contributed by atoms with Crippen LogP contribution in [0.1, 0.15) is 37.8 Å². The third-order valence-corrected chi connectivity index (χ3v) is 11.0. The molecular weight excluding hydrogens is 474 g/mol. The number of benzene rings is 1. The van der Waals surface area contributed by atoms with Gasteiger partial charge in [0.15, 0.2) is 0 Å². The Hall–Kier alpha value is -1.34. The maximum atomic E-state index is 13.4. The van der Waals surface area contributed by atoms with Gasteiger partial charge >= 0.3 is 11.4 Å². The molecule has 6 atom stereocenters. The Morgan fingerprint density at radius 1 is 0.815 bits per heavy atom. The molecule has 5 aliphatic rings. The van der Waals surface area contributed by atoms with Crippen LogP contribution in [-0.2, 0) is 0 Å². The van der Waals surface area contributed by atoms with Gasteiger partial charge in [0.2, 0.25) is 0 Å². The van der Waals surface area contributed by atoms with Crippen molar-refractivity contribution in [3.8, 4) is 5.69 Å². The number of rotatable bonds is 1. The van der Waals surface area contributed by atoms with E-state index in [0.717, 1.165) is 12.8 Å². The summed E-state index contributed by atoms with van der Waals surface area (Å²) in [6, 6.07) is 9.11. The molecule has 2 aliphatic heterocycles. The Bertz CT molecular complexity index is 1040. The highest BCUT2D eigenvalue weighted by molar-refractivity contribution is 9.12. The standard InChI is InChI=1S/C20H19Br2N3O2/c21-15-16(22)20-11-5-4-10-19(15,20)13-8-9-14(20)25-18(27)23(17(26)24(13)25)12-6-2-1-3-7-12/h1-3,6-9,13-16H,4-5,10-11H2/t13-,14+,15-,16-,19-,20+/m1/s1. The fraction of sp³-hybridized carbons (Fsp3) is 0.500. The van der Waals surface area contributed by atoms with Crippen molar-refractivity contribution in [2.45, 2.75) is 47.4 Å². The quantitative estimate of drug-likeness (QED) is 0.451. The van der Waals surface area contributed by atoms with Crippen molar-refractivity contribution in [1.29, 1.82) is 0 Å². The lowest BCUT2D eigenvalue weighted by molar-refractivity contribution is -0.184. The van der Waals surface area contributed by atoms with E-state index in [9.17, 15) is 9.59 Å². The Balaban J connectivity index is 1.68. The molecule has 0 amide bonds. The van der Waals surface area contributed by atoms with Crippen molar-refractivity contribution >= 4 is 31.9 Å². The molecule has 27 heavy (non-hydrogen) atoms. The van der Waals surface area contributed by atoms with Gasteiger partial charge in [-0.3, -0.25) is 0 Å². The van der Waals surface area contributed by atoms with Crippen molar-refractivity contribution < 1.29 is 0 Å². The first-order valence-corrected chi connectivity index (χ1v) is 11.4. The molecule has 0 saturated heterocycles. The number of halogens is 2. The molecule has 0 N–H and O–H groups in total. The zero-order valence-electron chi connectivity index (χ0n) is 14.6. The van der Waals surface area contributed by atoms with Gasteiger partial charge in [-0.25, -0.2) is 23.5 Å². The predicted octanol–water partition coefficient (Wildman–Crippen LogP) is 3.55. The molecule has 140 valence electrons. The maximum absolute atomic E-state index is 13.4. The fourth-order valence-electron chi connectivity index (χ4n) is 6.62. The SMILES string of the molecule is O=c1n(-c2ccccc2)c(=O)n2n1[C@H]1C=C[C@@H]2[C@@]23CCCC[C@@]12[C@H](Br)[C@H]3Br. The predicted molar refractivity (Wildman–Crippen MR) is 110 cm³/mol. The molecule has 1 aromatic carbocycles. The molecular formula is C20H19Br2N3O2. The number of aromatic nitrogens is 3. The van der Waals surface area contributed by atoms with Crippen LogP contribution in [0, 0.1) is 10.8 Å². The minimum absolute atomic E-state index is 0.00201. The van der Waals surface area contributed by atoms with E-state index in [0.29, 0.717) is 15.3 Å². The molecule has 0 radical (unpaired) electrons. The number of allylic oxidation sites excluding steroid dienone is 2. The van der Waals surface area contributed by atoms with E-state index in [1.807, 2.05) is 30.3 Å². The minimum Gasteiger partial charge on any atom is -0.245 e. The lowest BCUT2D eigenvalue weighted by atomic mass is 9.37. The topological polar surface area (TPSA) is 48.9 Å². The Morgan fingerprint density at radius 3 is 1.78 bits per heavy atom. The summed E-state index contributed by atoms with van der Waals surface area (Å²) in [5, 5.41) is 0. The van der Waals surface area contributed by atoms with Crippen LogP contribution in [0.5, 0.6) is 0 Å². The smallest absolute Gasteiger partial charge is 0.245 e. The van der Waals surface area contributed by atoms with Crippen molar-refractivity contribution in [1.82, 2.24) is 13.9 Å². The first-order chi connectivity index (χ1) is 13.1. The van der Waals surface area contributed by atoms with Crippen molar-refractivity contribution in [2.24, 2.45) is 10.8 Å². The molecule has 7 heteroatoms. The number of alkyl halides is 2. The summed E-state index contributed by atoms with van der Waals surface area (Å²) in [4.78, 5) is 27.4.